The van der Waals surface area contributed by atoms with Gasteiger partial charge >= 0.3 is 5.97 Å². The molecule has 0 radical (unpaired) electrons. The van der Waals surface area contributed by atoms with E-state index in [1.807, 2.05) is 24.3 Å². The normalized spacial score (nSPS) is 17.6. The summed E-state index contributed by atoms with van der Waals surface area (Å²) in [5, 5.41) is 12.9. The molecule has 1 aromatic carbocycles. The van der Waals surface area contributed by atoms with Crippen LogP contribution in [0.2, 0.25) is 5.15 Å². The van der Waals surface area contributed by atoms with E-state index in [2.05, 4.69) is 25.2 Å². The second-order valence-corrected chi connectivity index (χ2v) is 6.21. The number of thioether (sulfide) groups is 1. The van der Waals surface area contributed by atoms with E-state index in [1.54, 1.807) is 12.4 Å². The lowest BCUT2D eigenvalue weighted by Crippen LogP contribution is -2.19. The van der Waals surface area contributed by atoms with E-state index in [-0.39, 0.29) is 10.1 Å². The molecule has 0 unspecified atom stereocenters. The highest BCUT2D eigenvalue weighted by molar-refractivity contribution is 8.18. The summed E-state index contributed by atoms with van der Waals surface area (Å²) in [6, 6.07) is 7.43. The van der Waals surface area contributed by atoms with Gasteiger partial charge in [-0.3, -0.25) is 10.1 Å². The number of aromatic nitrogens is 1. The van der Waals surface area contributed by atoms with Gasteiger partial charge in [-0.15, -0.1) is 5.10 Å². The number of esters is 1. The van der Waals surface area contributed by atoms with Crippen molar-refractivity contribution in [1.82, 2.24) is 10.3 Å². The lowest BCUT2D eigenvalue weighted by Gasteiger charge is -2.00. The van der Waals surface area contributed by atoms with Crippen molar-refractivity contribution in [2.24, 2.45) is 10.2 Å². The van der Waals surface area contributed by atoms with E-state index in [1.165, 1.54) is 7.11 Å². The van der Waals surface area contributed by atoms with Gasteiger partial charge in [-0.2, -0.15) is 5.10 Å². The number of pyridine rings is 1. The highest BCUT2D eigenvalue weighted by Crippen LogP contribution is 2.24. The van der Waals surface area contributed by atoms with Crippen molar-refractivity contribution in [3.05, 3.63) is 52.2 Å². The number of carbonyl (C=O) groups is 2. The Bertz CT molecular complexity index is 956. The number of hydrogen-bond donors (Lipinski definition) is 1. The number of hydrogen-bond acceptors (Lipinski definition) is 7. The summed E-state index contributed by atoms with van der Waals surface area (Å²) >= 11 is 7.04. The third-order valence-corrected chi connectivity index (χ3v) is 4.40. The summed E-state index contributed by atoms with van der Waals surface area (Å²) in [5.41, 5.74) is 0.818. The Morgan fingerprint density at radius 3 is 3.04 bits per heavy atom. The molecule has 0 spiro atoms. The molecule has 7 nitrogen and oxygen atoms in total. The quantitative estimate of drug-likeness (QED) is 0.293. The van der Waals surface area contributed by atoms with Crippen LogP contribution in [0.4, 0.5) is 0 Å². The van der Waals surface area contributed by atoms with Crippen molar-refractivity contribution in [2.45, 2.75) is 0 Å². The Morgan fingerprint density at radius 2 is 2.24 bits per heavy atom. The number of benzene rings is 1. The number of nitrogens with zero attached hydrogens (tertiary/aromatic N) is 3. The summed E-state index contributed by atoms with van der Waals surface area (Å²) in [6.45, 7) is 0. The van der Waals surface area contributed by atoms with E-state index < -0.39 is 11.9 Å². The van der Waals surface area contributed by atoms with Crippen molar-refractivity contribution in [3.8, 4) is 0 Å². The molecule has 1 fully saturated rings. The standard InChI is InChI=1S/C16H11ClN4O3S/c1-24-13(22)7-12-15(23)20-16(25-12)21-19-8-9-2-3-11-10(6-9)4-5-18-14(11)17/h2-8H,1H3,(H,20,21,23)/b12-7+,19-8?. The number of ether oxygens (including phenoxy) is 1. The van der Waals surface area contributed by atoms with Crippen LogP contribution < -0.4 is 5.32 Å². The van der Waals surface area contributed by atoms with E-state index in [0.717, 1.165) is 34.2 Å². The topological polar surface area (TPSA) is 93.0 Å². The second kappa shape index (κ2) is 7.45. The molecule has 126 valence electrons. The highest BCUT2D eigenvalue weighted by atomic mass is 35.5. The molecule has 9 heteroatoms. The Morgan fingerprint density at radius 1 is 1.40 bits per heavy atom. The minimum Gasteiger partial charge on any atom is -0.466 e. The summed E-state index contributed by atoms with van der Waals surface area (Å²) in [6.07, 6.45) is 4.29. The second-order valence-electron chi connectivity index (χ2n) is 4.82. The van der Waals surface area contributed by atoms with E-state index in [9.17, 15) is 9.59 Å². The Hall–Kier alpha value is -2.71. The number of nitrogens with one attached hydrogen (secondary N) is 1. The molecule has 1 amide bonds. The molecular weight excluding hydrogens is 364 g/mol. The van der Waals surface area contributed by atoms with Crippen molar-refractivity contribution in [2.75, 3.05) is 7.11 Å². The lowest BCUT2D eigenvalue weighted by molar-refractivity contribution is -0.135. The third-order valence-electron chi connectivity index (χ3n) is 3.20. The molecule has 1 aliphatic rings. The summed E-state index contributed by atoms with van der Waals surface area (Å²) in [5.74, 6) is -1.02. The highest BCUT2D eigenvalue weighted by Gasteiger charge is 2.24. The van der Waals surface area contributed by atoms with Crippen LogP contribution in [-0.4, -0.2) is 35.4 Å². The van der Waals surface area contributed by atoms with Gasteiger partial charge in [0, 0.05) is 17.7 Å². The average Bonchev–Trinajstić information content (AvgIpc) is 2.94. The number of methoxy groups -OCH3 is 1. The van der Waals surface area contributed by atoms with E-state index in [0.29, 0.717) is 5.15 Å². The minimum absolute atomic E-state index is 0.202. The molecule has 2 heterocycles. The van der Waals surface area contributed by atoms with Gasteiger partial charge in [-0.1, -0.05) is 23.7 Å². The number of carbonyl (C=O) groups excluding carboxylic acids is 2. The summed E-state index contributed by atoms with van der Waals surface area (Å²) in [4.78, 5) is 27.1. The van der Waals surface area contributed by atoms with Gasteiger partial charge in [0.25, 0.3) is 5.91 Å². The van der Waals surface area contributed by atoms with Crippen LogP contribution in [0.5, 0.6) is 0 Å². The maximum absolute atomic E-state index is 11.7. The fourth-order valence-electron chi connectivity index (χ4n) is 2.03. The Balaban J connectivity index is 1.75. The molecule has 0 aliphatic carbocycles. The van der Waals surface area contributed by atoms with Crippen LogP contribution in [0.15, 0.2) is 51.6 Å². The van der Waals surface area contributed by atoms with Gasteiger partial charge in [0.15, 0.2) is 5.17 Å². The molecule has 0 bridgehead atoms. The number of amidine groups is 1. The van der Waals surface area contributed by atoms with Crippen LogP contribution >= 0.6 is 23.4 Å². The molecule has 2 aromatic rings. The molecule has 0 saturated carbocycles. The minimum atomic E-state index is -0.605. The van der Waals surface area contributed by atoms with Crippen LogP contribution in [0.3, 0.4) is 0 Å². The molecule has 1 saturated heterocycles. The molecule has 1 aromatic heterocycles. The van der Waals surface area contributed by atoms with Crippen LogP contribution in [0.25, 0.3) is 10.8 Å². The fourth-order valence-corrected chi connectivity index (χ4v) is 3.00. The van der Waals surface area contributed by atoms with Gasteiger partial charge in [0.1, 0.15) is 5.15 Å². The maximum atomic E-state index is 11.7. The number of fused-ring (bicyclic) bond motifs is 1. The summed E-state index contributed by atoms with van der Waals surface area (Å²) in [7, 11) is 1.24. The SMILES string of the molecule is COC(=O)/C=C1/S/C(=N\N=Cc2ccc3c(Cl)nccc3c2)NC1=O. The molecule has 25 heavy (non-hydrogen) atoms. The van der Waals surface area contributed by atoms with Crippen molar-refractivity contribution >= 4 is 57.4 Å². The van der Waals surface area contributed by atoms with Gasteiger partial charge < -0.3 is 4.74 Å². The third kappa shape index (κ3) is 4.04. The largest absolute Gasteiger partial charge is 0.466 e. The zero-order valence-corrected chi connectivity index (χ0v) is 14.5. The number of halogens is 1. The van der Waals surface area contributed by atoms with E-state index in [4.69, 9.17) is 11.6 Å². The first-order valence-electron chi connectivity index (χ1n) is 7.01. The average molecular weight is 375 g/mol. The maximum Gasteiger partial charge on any atom is 0.331 e. The van der Waals surface area contributed by atoms with Gasteiger partial charge in [0.05, 0.1) is 18.2 Å². The van der Waals surface area contributed by atoms with Crippen molar-refractivity contribution < 1.29 is 14.3 Å². The van der Waals surface area contributed by atoms with Gasteiger partial charge in [-0.25, -0.2) is 9.78 Å². The predicted molar refractivity (Wildman–Crippen MR) is 97.6 cm³/mol. The zero-order chi connectivity index (χ0) is 17.8. The first kappa shape index (κ1) is 17.1. The van der Waals surface area contributed by atoms with Crippen LogP contribution in [-0.2, 0) is 14.3 Å². The molecule has 3 rings (SSSR count). The predicted octanol–water partition coefficient (Wildman–Crippen LogP) is 2.50. The molecule has 0 atom stereocenters. The van der Waals surface area contributed by atoms with Crippen LogP contribution in [0, 0.1) is 0 Å². The van der Waals surface area contributed by atoms with Crippen molar-refractivity contribution in [3.63, 3.8) is 0 Å². The molecular formula is C16H11ClN4O3S. The first-order valence-corrected chi connectivity index (χ1v) is 8.20. The van der Waals surface area contributed by atoms with Gasteiger partial charge in [-0.05, 0) is 34.8 Å². The monoisotopic (exact) mass is 374 g/mol. The first-order chi connectivity index (χ1) is 12.1. The number of rotatable bonds is 3. The Kier molecular flexibility index (Phi) is 5.11. The van der Waals surface area contributed by atoms with E-state index >= 15 is 0 Å². The summed E-state index contributed by atoms with van der Waals surface area (Å²) < 4.78 is 4.49. The molecule has 1 aliphatic heterocycles. The zero-order valence-electron chi connectivity index (χ0n) is 12.9. The van der Waals surface area contributed by atoms with Crippen LogP contribution in [0.1, 0.15) is 5.56 Å². The van der Waals surface area contributed by atoms with Gasteiger partial charge in [0.2, 0.25) is 0 Å². The molecule has 1 N–H and O–H groups in total. The number of amides is 1. The smallest absolute Gasteiger partial charge is 0.331 e. The Labute approximate surface area is 151 Å². The lowest BCUT2D eigenvalue weighted by atomic mass is 10.1. The fraction of sp³-hybridized carbons (Fsp3) is 0.0625. The van der Waals surface area contributed by atoms with Crippen molar-refractivity contribution in [1.29, 1.82) is 0 Å².